The van der Waals surface area contributed by atoms with Crippen molar-refractivity contribution in [3.05, 3.63) is 41.9 Å². The van der Waals surface area contributed by atoms with Crippen LogP contribution in [0.4, 0.5) is 10.6 Å². The Morgan fingerprint density at radius 1 is 1.39 bits per heavy atom. The molecule has 0 fully saturated rings. The van der Waals surface area contributed by atoms with Crippen LogP contribution < -0.4 is 10.6 Å². The monoisotopic (exact) mass is 246 g/mol. The number of amides is 2. The molecule has 0 bridgehead atoms. The standard InChI is InChI=1S/C12H14N4O2/c1-8-7-11(16-18-8)15-12(17)14-9(2)10-3-5-13-6-4-10/h3-7,9H,1-2H3,(H2,14,15,16,17)/t9-/m0/s1. The highest BCUT2D eigenvalue weighted by Crippen LogP contribution is 2.11. The molecule has 18 heavy (non-hydrogen) atoms. The fraction of sp³-hybridized carbons (Fsp3) is 0.250. The van der Waals surface area contributed by atoms with Gasteiger partial charge in [-0.2, -0.15) is 0 Å². The fourth-order valence-electron chi connectivity index (χ4n) is 1.51. The number of hydrogen-bond acceptors (Lipinski definition) is 4. The minimum absolute atomic E-state index is 0.110. The van der Waals surface area contributed by atoms with Crippen molar-refractivity contribution in [2.24, 2.45) is 0 Å². The quantitative estimate of drug-likeness (QED) is 0.870. The summed E-state index contributed by atoms with van der Waals surface area (Å²) in [7, 11) is 0. The summed E-state index contributed by atoms with van der Waals surface area (Å²) < 4.78 is 4.85. The SMILES string of the molecule is Cc1cc(NC(=O)N[C@@H](C)c2ccncc2)no1. The zero-order chi connectivity index (χ0) is 13.0. The van der Waals surface area contributed by atoms with E-state index in [0.717, 1.165) is 5.56 Å². The molecule has 0 aliphatic carbocycles. The predicted molar refractivity (Wildman–Crippen MR) is 66.0 cm³/mol. The molecule has 6 heteroatoms. The number of aromatic nitrogens is 2. The summed E-state index contributed by atoms with van der Waals surface area (Å²) in [4.78, 5) is 15.6. The van der Waals surface area contributed by atoms with Crippen molar-refractivity contribution in [1.29, 1.82) is 0 Å². The van der Waals surface area contributed by atoms with Crippen LogP contribution in [-0.2, 0) is 0 Å². The maximum absolute atomic E-state index is 11.7. The lowest BCUT2D eigenvalue weighted by Gasteiger charge is -2.13. The third-order valence-electron chi connectivity index (χ3n) is 2.42. The van der Waals surface area contributed by atoms with Crippen LogP contribution in [0.1, 0.15) is 24.3 Å². The summed E-state index contributed by atoms with van der Waals surface area (Å²) >= 11 is 0. The van der Waals surface area contributed by atoms with Crippen molar-refractivity contribution >= 4 is 11.8 Å². The first-order valence-electron chi connectivity index (χ1n) is 5.56. The normalized spacial score (nSPS) is 11.9. The maximum atomic E-state index is 11.7. The summed E-state index contributed by atoms with van der Waals surface area (Å²) in [6.45, 7) is 3.65. The molecule has 2 aromatic heterocycles. The number of hydrogen-bond donors (Lipinski definition) is 2. The summed E-state index contributed by atoms with van der Waals surface area (Å²) in [5.74, 6) is 1.04. The lowest BCUT2D eigenvalue weighted by atomic mass is 10.1. The van der Waals surface area contributed by atoms with Gasteiger partial charge in [0.2, 0.25) is 0 Å². The molecule has 2 heterocycles. The van der Waals surface area contributed by atoms with Gasteiger partial charge in [-0.3, -0.25) is 10.3 Å². The van der Waals surface area contributed by atoms with E-state index in [9.17, 15) is 4.79 Å². The van der Waals surface area contributed by atoms with Crippen LogP contribution in [0.25, 0.3) is 0 Å². The van der Waals surface area contributed by atoms with Crippen LogP contribution >= 0.6 is 0 Å². The van der Waals surface area contributed by atoms with Crippen LogP contribution in [-0.4, -0.2) is 16.2 Å². The van der Waals surface area contributed by atoms with Gasteiger partial charge in [-0.05, 0) is 31.5 Å². The number of anilines is 1. The molecule has 94 valence electrons. The van der Waals surface area contributed by atoms with Crippen molar-refractivity contribution in [2.45, 2.75) is 19.9 Å². The Bertz CT molecular complexity index is 524. The Hall–Kier alpha value is -2.37. The van der Waals surface area contributed by atoms with Crippen LogP contribution in [0, 0.1) is 6.92 Å². The topological polar surface area (TPSA) is 80.0 Å². The smallest absolute Gasteiger partial charge is 0.320 e. The molecule has 0 aliphatic rings. The highest BCUT2D eigenvalue weighted by atomic mass is 16.5. The lowest BCUT2D eigenvalue weighted by Crippen LogP contribution is -2.31. The second-order valence-corrected chi connectivity index (χ2v) is 3.92. The van der Waals surface area contributed by atoms with E-state index in [2.05, 4.69) is 20.8 Å². The minimum atomic E-state index is -0.326. The van der Waals surface area contributed by atoms with E-state index in [1.807, 2.05) is 19.1 Å². The number of nitrogens with zero attached hydrogens (tertiary/aromatic N) is 2. The number of nitrogens with one attached hydrogen (secondary N) is 2. The van der Waals surface area contributed by atoms with E-state index in [4.69, 9.17) is 4.52 Å². The Labute approximate surface area is 104 Å². The van der Waals surface area contributed by atoms with Crippen molar-refractivity contribution in [3.63, 3.8) is 0 Å². The van der Waals surface area contributed by atoms with Crippen molar-refractivity contribution in [3.8, 4) is 0 Å². The molecule has 0 radical (unpaired) electrons. The van der Waals surface area contributed by atoms with Crippen LogP contribution in [0.5, 0.6) is 0 Å². The van der Waals surface area contributed by atoms with E-state index in [1.165, 1.54) is 0 Å². The van der Waals surface area contributed by atoms with Crippen LogP contribution in [0.3, 0.4) is 0 Å². The zero-order valence-corrected chi connectivity index (χ0v) is 10.2. The van der Waals surface area contributed by atoms with Gasteiger partial charge >= 0.3 is 6.03 Å². The van der Waals surface area contributed by atoms with E-state index >= 15 is 0 Å². The van der Waals surface area contributed by atoms with Gasteiger partial charge in [0.1, 0.15) is 5.76 Å². The molecule has 0 saturated carbocycles. The van der Waals surface area contributed by atoms with Crippen molar-refractivity contribution < 1.29 is 9.32 Å². The van der Waals surface area contributed by atoms with E-state index in [-0.39, 0.29) is 12.1 Å². The zero-order valence-electron chi connectivity index (χ0n) is 10.2. The van der Waals surface area contributed by atoms with Crippen LogP contribution in [0.15, 0.2) is 35.1 Å². The van der Waals surface area contributed by atoms with Crippen LogP contribution in [0.2, 0.25) is 0 Å². The first-order valence-corrected chi connectivity index (χ1v) is 5.56. The fourth-order valence-corrected chi connectivity index (χ4v) is 1.51. The van der Waals surface area contributed by atoms with E-state index in [0.29, 0.717) is 11.6 Å². The molecule has 6 nitrogen and oxygen atoms in total. The van der Waals surface area contributed by atoms with Gasteiger partial charge in [-0.1, -0.05) is 5.16 Å². The van der Waals surface area contributed by atoms with Gasteiger partial charge in [0.25, 0.3) is 0 Å². The second-order valence-electron chi connectivity index (χ2n) is 3.92. The number of aryl methyl sites for hydroxylation is 1. The average molecular weight is 246 g/mol. The second kappa shape index (κ2) is 5.31. The highest BCUT2D eigenvalue weighted by Gasteiger charge is 2.10. The molecule has 2 aromatic rings. The third-order valence-corrected chi connectivity index (χ3v) is 2.42. The molecule has 2 N–H and O–H groups in total. The molecular weight excluding hydrogens is 232 g/mol. The molecule has 0 unspecified atom stereocenters. The molecular formula is C12H14N4O2. The lowest BCUT2D eigenvalue weighted by molar-refractivity contribution is 0.249. The van der Waals surface area contributed by atoms with Gasteiger partial charge in [-0.25, -0.2) is 4.79 Å². The predicted octanol–water partition coefficient (Wildman–Crippen LogP) is 2.26. The van der Waals surface area contributed by atoms with E-state index in [1.54, 1.807) is 25.4 Å². The first-order chi connectivity index (χ1) is 8.65. The highest BCUT2D eigenvalue weighted by molar-refractivity contribution is 5.88. The first kappa shape index (κ1) is 12.1. The molecule has 2 rings (SSSR count). The van der Waals surface area contributed by atoms with Crippen molar-refractivity contribution in [1.82, 2.24) is 15.5 Å². The summed E-state index contributed by atoms with van der Waals surface area (Å²) in [5, 5.41) is 9.07. The number of carbonyl (C=O) groups is 1. The largest absolute Gasteiger partial charge is 0.360 e. The molecule has 0 aliphatic heterocycles. The minimum Gasteiger partial charge on any atom is -0.360 e. The number of urea groups is 1. The van der Waals surface area contributed by atoms with Gasteiger partial charge in [0, 0.05) is 18.5 Å². The maximum Gasteiger partial charge on any atom is 0.320 e. The number of rotatable bonds is 3. The number of pyridine rings is 1. The van der Waals surface area contributed by atoms with Gasteiger partial charge in [0.15, 0.2) is 5.82 Å². The Morgan fingerprint density at radius 2 is 2.11 bits per heavy atom. The summed E-state index contributed by atoms with van der Waals surface area (Å²) in [6, 6.07) is 4.92. The molecule has 0 saturated heterocycles. The third kappa shape index (κ3) is 3.07. The van der Waals surface area contributed by atoms with E-state index < -0.39 is 0 Å². The molecule has 0 spiro atoms. The molecule has 2 amide bonds. The summed E-state index contributed by atoms with van der Waals surface area (Å²) in [6.07, 6.45) is 3.37. The summed E-state index contributed by atoms with van der Waals surface area (Å²) in [5.41, 5.74) is 0.983. The molecule has 1 atom stereocenters. The van der Waals surface area contributed by atoms with Crippen molar-refractivity contribution in [2.75, 3.05) is 5.32 Å². The molecule has 0 aromatic carbocycles. The van der Waals surface area contributed by atoms with Gasteiger partial charge in [-0.15, -0.1) is 0 Å². The Kier molecular flexibility index (Phi) is 3.57. The Balaban J connectivity index is 1.92. The average Bonchev–Trinajstić information content (AvgIpc) is 2.75. The number of carbonyl (C=O) groups excluding carboxylic acids is 1. The van der Waals surface area contributed by atoms with Gasteiger partial charge < -0.3 is 9.84 Å². The van der Waals surface area contributed by atoms with Gasteiger partial charge in [0.05, 0.1) is 6.04 Å². The Morgan fingerprint density at radius 3 is 2.72 bits per heavy atom.